The Morgan fingerprint density at radius 1 is 0.900 bits per heavy atom. The first kappa shape index (κ1) is 23.7. The number of nitrogens with one attached hydrogen (secondary N) is 1. The van der Waals surface area contributed by atoms with Crippen LogP contribution in [-0.4, -0.2) is 19.6 Å². The summed E-state index contributed by atoms with van der Waals surface area (Å²) in [5.74, 6) is -0.626. The van der Waals surface area contributed by atoms with Gasteiger partial charge in [-0.3, -0.25) is 10.1 Å². The van der Waals surface area contributed by atoms with Crippen molar-refractivity contribution in [2.45, 2.75) is 31.6 Å². The van der Waals surface area contributed by atoms with Crippen LogP contribution >= 0.6 is 0 Å². The van der Waals surface area contributed by atoms with E-state index in [-0.39, 0.29) is 18.2 Å². The van der Waals surface area contributed by atoms with Crippen LogP contribution in [0.15, 0.2) is 48.5 Å². The number of halogens is 6. The van der Waals surface area contributed by atoms with Gasteiger partial charge in [-0.15, -0.1) is 0 Å². The number of benzene rings is 2. The third kappa shape index (κ3) is 6.20. The summed E-state index contributed by atoms with van der Waals surface area (Å²) in [6.45, 7) is 0.633. The lowest BCUT2D eigenvalue weighted by Crippen LogP contribution is -2.44. The number of ether oxygens (including phenoxy) is 2. The van der Waals surface area contributed by atoms with Crippen LogP contribution in [0.3, 0.4) is 0 Å². The molecule has 2 rings (SSSR count). The molecule has 0 aliphatic rings. The Morgan fingerprint density at radius 2 is 1.43 bits per heavy atom. The highest BCUT2D eigenvalue weighted by atomic mass is 19.4. The highest BCUT2D eigenvalue weighted by molar-refractivity contribution is 5.71. The maximum absolute atomic E-state index is 13.1. The van der Waals surface area contributed by atoms with Crippen LogP contribution in [0.5, 0.6) is 0 Å². The van der Waals surface area contributed by atoms with E-state index in [1.165, 1.54) is 14.0 Å². The largest absolute Gasteiger partial charge is 0.468 e. The Morgan fingerprint density at radius 3 is 1.90 bits per heavy atom. The van der Waals surface area contributed by atoms with E-state index in [4.69, 9.17) is 4.74 Å². The Balaban J connectivity index is 2.35. The van der Waals surface area contributed by atoms with E-state index in [0.29, 0.717) is 17.7 Å². The molecule has 0 aliphatic heterocycles. The molecule has 0 aromatic heterocycles. The molecule has 1 N–H and O–H groups in total. The van der Waals surface area contributed by atoms with Gasteiger partial charge in [-0.2, -0.15) is 26.3 Å². The van der Waals surface area contributed by atoms with Gasteiger partial charge in [0.2, 0.25) is 0 Å². The molecule has 2 aromatic carbocycles. The van der Waals surface area contributed by atoms with Gasteiger partial charge >= 0.3 is 18.3 Å². The predicted molar refractivity (Wildman–Crippen MR) is 95.0 cm³/mol. The Labute approximate surface area is 168 Å². The molecule has 0 heterocycles. The Hall–Kier alpha value is -2.59. The van der Waals surface area contributed by atoms with Crippen LogP contribution < -0.4 is 5.32 Å². The van der Waals surface area contributed by atoms with Crippen molar-refractivity contribution >= 4 is 5.97 Å². The molecule has 0 saturated carbocycles. The molecule has 1 atom stereocenters. The van der Waals surface area contributed by atoms with Crippen LogP contribution in [0, 0.1) is 0 Å². The molecule has 0 aliphatic carbocycles. The van der Waals surface area contributed by atoms with Crippen molar-refractivity contribution in [3.63, 3.8) is 0 Å². The number of hydrogen-bond acceptors (Lipinski definition) is 4. The smallest absolute Gasteiger partial charge is 0.416 e. The first-order valence-corrected chi connectivity index (χ1v) is 8.65. The van der Waals surface area contributed by atoms with Gasteiger partial charge in [-0.05, 0) is 36.2 Å². The van der Waals surface area contributed by atoms with E-state index in [0.717, 1.165) is 0 Å². The zero-order chi connectivity index (χ0) is 22.6. The van der Waals surface area contributed by atoms with E-state index >= 15 is 0 Å². The van der Waals surface area contributed by atoms with Crippen molar-refractivity contribution in [2.24, 2.45) is 0 Å². The summed E-state index contributed by atoms with van der Waals surface area (Å²) in [6, 6.07) is 9.57. The molecule has 0 fully saturated rings. The van der Waals surface area contributed by atoms with Gasteiger partial charge in [-0.25, -0.2) is 0 Å². The van der Waals surface area contributed by atoms with E-state index in [1.807, 2.05) is 0 Å². The third-order valence-electron chi connectivity index (χ3n) is 4.30. The normalized spacial score (nSPS) is 14.3. The topological polar surface area (TPSA) is 47.6 Å². The number of carbonyl (C=O) groups is 1. The highest BCUT2D eigenvalue weighted by Gasteiger charge is 2.37. The van der Waals surface area contributed by atoms with E-state index in [2.05, 4.69) is 10.1 Å². The first-order chi connectivity index (χ1) is 13.8. The van der Waals surface area contributed by atoms with Gasteiger partial charge in [0, 0.05) is 0 Å². The summed E-state index contributed by atoms with van der Waals surface area (Å²) < 4.78 is 88.5. The SMILES string of the molecule is COC(=O)CN[C@@](C)(OCc1cc(C(F)(F)F)cc(C(F)(F)F)c1)c1ccccc1. The average Bonchev–Trinajstić information content (AvgIpc) is 2.69. The molecule has 0 amide bonds. The minimum atomic E-state index is -4.96. The average molecular weight is 435 g/mol. The molecule has 2 aromatic rings. The first-order valence-electron chi connectivity index (χ1n) is 8.65. The quantitative estimate of drug-likeness (QED) is 0.383. The molecule has 0 saturated heterocycles. The summed E-state index contributed by atoms with van der Waals surface area (Å²) >= 11 is 0. The van der Waals surface area contributed by atoms with Crippen molar-refractivity contribution in [1.29, 1.82) is 0 Å². The maximum atomic E-state index is 13.1. The van der Waals surface area contributed by atoms with E-state index in [9.17, 15) is 31.1 Å². The second-order valence-electron chi connectivity index (χ2n) is 6.53. The molecular formula is C20H19F6NO3. The van der Waals surface area contributed by atoms with Gasteiger partial charge in [0.15, 0.2) is 0 Å². The van der Waals surface area contributed by atoms with Gasteiger partial charge in [-0.1, -0.05) is 30.3 Å². The van der Waals surface area contributed by atoms with Crippen LogP contribution in [0.4, 0.5) is 26.3 Å². The van der Waals surface area contributed by atoms with Crippen molar-refractivity contribution in [3.05, 3.63) is 70.8 Å². The highest BCUT2D eigenvalue weighted by Crippen LogP contribution is 2.37. The zero-order valence-electron chi connectivity index (χ0n) is 16.0. The van der Waals surface area contributed by atoms with Gasteiger partial charge in [0.1, 0.15) is 5.72 Å². The lowest BCUT2D eigenvalue weighted by atomic mass is 10.0. The van der Waals surface area contributed by atoms with E-state index < -0.39 is 41.8 Å². The van der Waals surface area contributed by atoms with Crippen LogP contribution in [-0.2, 0) is 39.0 Å². The number of carbonyl (C=O) groups excluding carboxylic acids is 1. The molecule has 4 nitrogen and oxygen atoms in total. The molecule has 10 heteroatoms. The summed E-state index contributed by atoms with van der Waals surface area (Å²) in [4.78, 5) is 11.5. The number of rotatable bonds is 7. The van der Waals surface area contributed by atoms with Crippen LogP contribution in [0.25, 0.3) is 0 Å². The Bertz CT molecular complexity index is 835. The number of alkyl halides is 6. The summed E-state index contributed by atoms with van der Waals surface area (Å²) in [6.07, 6.45) is -9.91. The lowest BCUT2D eigenvalue weighted by Gasteiger charge is -2.31. The molecular weight excluding hydrogens is 416 g/mol. The molecule has 0 unspecified atom stereocenters. The second kappa shape index (κ2) is 9.05. The van der Waals surface area contributed by atoms with Crippen molar-refractivity contribution < 1.29 is 40.6 Å². The van der Waals surface area contributed by atoms with Gasteiger partial charge in [0.25, 0.3) is 0 Å². The van der Waals surface area contributed by atoms with Gasteiger partial charge < -0.3 is 9.47 Å². The van der Waals surface area contributed by atoms with Crippen LogP contribution in [0.2, 0.25) is 0 Å². The van der Waals surface area contributed by atoms with Crippen molar-refractivity contribution in [3.8, 4) is 0 Å². The molecule has 0 spiro atoms. The lowest BCUT2D eigenvalue weighted by molar-refractivity contribution is -0.145. The van der Waals surface area contributed by atoms with Gasteiger partial charge in [0.05, 0.1) is 31.4 Å². The van der Waals surface area contributed by atoms with E-state index in [1.54, 1.807) is 30.3 Å². The maximum Gasteiger partial charge on any atom is 0.416 e. The third-order valence-corrected chi connectivity index (χ3v) is 4.30. The monoisotopic (exact) mass is 435 g/mol. The molecule has 30 heavy (non-hydrogen) atoms. The predicted octanol–water partition coefficient (Wildman–Crippen LogP) is 4.88. The number of methoxy groups -OCH3 is 1. The molecule has 0 bridgehead atoms. The van der Waals surface area contributed by atoms with Crippen molar-refractivity contribution in [2.75, 3.05) is 13.7 Å². The Kier molecular flexibility index (Phi) is 7.14. The zero-order valence-corrected chi connectivity index (χ0v) is 16.0. The molecule has 0 radical (unpaired) electrons. The number of hydrogen-bond donors (Lipinski definition) is 1. The fourth-order valence-electron chi connectivity index (χ4n) is 2.64. The summed E-state index contributed by atoms with van der Waals surface area (Å²) in [7, 11) is 1.17. The number of esters is 1. The minimum absolute atomic E-state index is 0.0510. The standard InChI is InChI=1S/C20H19F6NO3/c1-18(27-11-17(28)29-2,14-6-4-3-5-7-14)30-12-13-8-15(19(21,22)23)10-16(9-13)20(24,25)26/h3-10,27H,11-12H2,1-2H3/t18-/m0/s1. The fraction of sp³-hybridized carbons (Fsp3) is 0.350. The second-order valence-corrected chi connectivity index (χ2v) is 6.53. The van der Waals surface area contributed by atoms with Crippen LogP contribution in [0.1, 0.15) is 29.2 Å². The molecule has 164 valence electrons. The fourth-order valence-corrected chi connectivity index (χ4v) is 2.64. The summed E-state index contributed by atoms with van der Waals surface area (Å²) in [5.41, 5.74) is -4.06. The van der Waals surface area contributed by atoms with Crippen molar-refractivity contribution in [1.82, 2.24) is 5.32 Å². The minimum Gasteiger partial charge on any atom is -0.468 e. The summed E-state index contributed by atoms with van der Waals surface area (Å²) in [5, 5.41) is 2.78.